The zero-order valence-electron chi connectivity index (χ0n) is 18.4. The molecule has 0 radical (unpaired) electrons. The summed E-state index contributed by atoms with van der Waals surface area (Å²) in [5.74, 6) is 0.935. The van der Waals surface area contributed by atoms with Crippen molar-refractivity contribution < 1.29 is 17.9 Å². The van der Waals surface area contributed by atoms with Crippen molar-refractivity contribution in [2.75, 3.05) is 32.0 Å². The standard InChI is InChI=1S/C23H30F3N5O/c1-12(2)30-19(6-18(27)13-3-17(23(24,25)26)21(28)29-7-13)20-15-4-14(5-16(15)20)31-8-22(9-31)10-32-11-22/h3,6-7,12,14-16,20H,4-5,8-11,27H2,1-2H3,(H2,28,29)/t14?,15-,16+,20?. The fourth-order valence-corrected chi connectivity index (χ4v) is 5.82. The van der Waals surface area contributed by atoms with Gasteiger partial charge in [0.25, 0.3) is 0 Å². The van der Waals surface area contributed by atoms with Crippen molar-refractivity contribution in [2.45, 2.75) is 44.9 Å². The van der Waals surface area contributed by atoms with Crippen LogP contribution in [0.2, 0.25) is 0 Å². The molecule has 3 heterocycles. The minimum atomic E-state index is -4.58. The van der Waals surface area contributed by atoms with Gasteiger partial charge < -0.3 is 16.2 Å². The number of pyridine rings is 1. The molecule has 2 aliphatic carbocycles. The van der Waals surface area contributed by atoms with E-state index in [9.17, 15) is 13.2 Å². The molecule has 174 valence electrons. The van der Waals surface area contributed by atoms with Crippen LogP contribution in [0.5, 0.6) is 0 Å². The first-order valence-electron chi connectivity index (χ1n) is 11.3. The van der Waals surface area contributed by atoms with Crippen molar-refractivity contribution in [3.8, 4) is 0 Å². The van der Waals surface area contributed by atoms with Gasteiger partial charge in [0.15, 0.2) is 0 Å². The van der Waals surface area contributed by atoms with E-state index < -0.39 is 17.6 Å². The van der Waals surface area contributed by atoms with Gasteiger partial charge in [-0.05, 0) is 50.7 Å². The van der Waals surface area contributed by atoms with Gasteiger partial charge in [-0.25, -0.2) is 4.98 Å². The van der Waals surface area contributed by atoms with E-state index >= 15 is 0 Å². The molecule has 4 atom stereocenters. The summed E-state index contributed by atoms with van der Waals surface area (Å²) >= 11 is 0. The summed E-state index contributed by atoms with van der Waals surface area (Å²) in [6.07, 6.45) is 0.760. The highest BCUT2D eigenvalue weighted by Crippen LogP contribution is 2.60. The zero-order valence-corrected chi connectivity index (χ0v) is 18.4. The average Bonchev–Trinajstić information content (AvgIpc) is 3.12. The molecule has 2 aliphatic heterocycles. The predicted octanol–water partition coefficient (Wildman–Crippen LogP) is 3.19. The van der Waals surface area contributed by atoms with Crippen LogP contribution < -0.4 is 11.5 Å². The number of aliphatic imine (C=N–C) groups is 1. The second-order valence-corrected chi connectivity index (χ2v) is 10.3. The van der Waals surface area contributed by atoms with E-state index in [1.807, 2.05) is 13.8 Å². The number of nitrogens with zero attached hydrogens (tertiary/aromatic N) is 3. The number of hydrogen-bond donors (Lipinski definition) is 2. The lowest BCUT2D eigenvalue weighted by molar-refractivity contribution is -0.198. The normalized spacial score (nSPS) is 32.1. The van der Waals surface area contributed by atoms with Gasteiger partial charge in [-0.3, -0.25) is 9.89 Å². The Labute approximate surface area is 185 Å². The van der Waals surface area contributed by atoms with Crippen LogP contribution in [0.25, 0.3) is 5.70 Å². The highest BCUT2D eigenvalue weighted by Gasteiger charge is 2.61. The monoisotopic (exact) mass is 449 g/mol. The van der Waals surface area contributed by atoms with Gasteiger partial charge in [-0.2, -0.15) is 13.2 Å². The number of rotatable bonds is 5. The third-order valence-electron chi connectivity index (χ3n) is 7.44. The topological polar surface area (TPSA) is 89.8 Å². The number of nitrogen functional groups attached to an aromatic ring is 1. The first kappa shape index (κ1) is 21.7. The summed E-state index contributed by atoms with van der Waals surface area (Å²) in [5.41, 5.74) is 12.4. The number of allylic oxidation sites excluding steroid dienone is 1. The maximum atomic E-state index is 13.2. The average molecular weight is 450 g/mol. The van der Waals surface area contributed by atoms with E-state index in [1.54, 1.807) is 6.08 Å². The number of nitrogens with two attached hydrogens (primary N) is 2. The maximum Gasteiger partial charge on any atom is 0.419 e. The van der Waals surface area contributed by atoms with Crippen LogP contribution >= 0.6 is 0 Å². The number of alkyl halides is 3. The van der Waals surface area contributed by atoms with Gasteiger partial charge in [-0.15, -0.1) is 0 Å². The molecule has 1 spiro atoms. The molecule has 0 bridgehead atoms. The lowest BCUT2D eigenvalue weighted by Gasteiger charge is -2.57. The lowest BCUT2D eigenvalue weighted by Crippen LogP contribution is -2.67. The van der Waals surface area contributed by atoms with Gasteiger partial charge in [0, 0.05) is 59.7 Å². The molecule has 2 unspecified atom stereocenters. The van der Waals surface area contributed by atoms with Gasteiger partial charge in [0.05, 0.1) is 18.8 Å². The minimum Gasteiger partial charge on any atom is -0.398 e. The molecule has 1 aromatic rings. The van der Waals surface area contributed by atoms with Crippen LogP contribution in [0.1, 0.15) is 37.8 Å². The number of likely N-dealkylation sites (tertiary alicyclic amines) is 1. The van der Waals surface area contributed by atoms with Gasteiger partial charge >= 0.3 is 6.18 Å². The fraction of sp³-hybridized carbons (Fsp3) is 0.652. The molecule has 1 aromatic heterocycles. The molecule has 2 saturated heterocycles. The molecule has 0 aromatic carbocycles. The summed E-state index contributed by atoms with van der Waals surface area (Å²) in [7, 11) is 0. The van der Waals surface area contributed by atoms with Gasteiger partial charge in [0.2, 0.25) is 0 Å². The fourth-order valence-electron chi connectivity index (χ4n) is 5.82. The predicted molar refractivity (Wildman–Crippen MR) is 117 cm³/mol. The van der Waals surface area contributed by atoms with Crippen molar-refractivity contribution in [3.63, 3.8) is 0 Å². The number of halogens is 3. The van der Waals surface area contributed by atoms with Crippen LogP contribution in [0.3, 0.4) is 0 Å². The van der Waals surface area contributed by atoms with Crippen molar-refractivity contribution in [1.29, 1.82) is 0 Å². The summed E-state index contributed by atoms with van der Waals surface area (Å²) in [4.78, 5) is 11.1. The largest absolute Gasteiger partial charge is 0.419 e. The Morgan fingerprint density at radius 2 is 1.94 bits per heavy atom. The first-order chi connectivity index (χ1) is 15.1. The zero-order chi connectivity index (χ0) is 22.8. The number of ether oxygens (including phenoxy) is 1. The van der Waals surface area contributed by atoms with E-state index in [-0.39, 0.29) is 17.3 Å². The Kier molecular flexibility index (Phi) is 5.05. The van der Waals surface area contributed by atoms with Gasteiger partial charge in [0.1, 0.15) is 5.82 Å². The van der Waals surface area contributed by atoms with E-state index in [0.29, 0.717) is 29.2 Å². The molecule has 4 N–H and O–H groups in total. The maximum absolute atomic E-state index is 13.2. The van der Waals surface area contributed by atoms with E-state index in [4.69, 9.17) is 21.2 Å². The first-order valence-corrected chi connectivity index (χ1v) is 11.3. The Balaban J connectivity index is 1.29. The van der Waals surface area contributed by atoms with Crippen LogP contribution in [0, 0.1) is 23.2 Å². The minimum absolute atomic E-state index is 0.0790. The molecule has 4 aliphatic rings. The summed E-state index contributed by atoms with van der Waals surface area (Å²) in [5, 5.41) is 0. The Hall–Kier alpha value is -2.13. The summed E-state index contributed by atoms with van der Waals surface area (Å²) in [6.45, 7) is 8.09. The van der Waals surface area contributed by atoms with E-state index in [0.717, 1.165) is 50.9 Å². The van der Waals surface area contributed by atoms with Crippen molar-refractivity contribution >= 4 is 17.2 Å². The van der Waals surface area contributed by atoms with Crippen molar-refractivity contribution in [2.24, 2.45) is 33.9 Å². The Bertz CT molecular complexity index is 949. The van der Waals surface area contributed by atoms with Crippen LogP contribution in [-0.4, -0.2) is 54.0 Å². The van der Waals surface area contributed by atoms with Crippen LogP contribution in [-0.2, 0) is 10.9 Å². The smallest absolute Gasteiger partial charge is 0.398 e. The molecule has 9 heteroatoms. The van der Waals surface area contributed by atoms with E-state index in [1.165, 1.54) is 6.20 Å². The molecule has 5 rings (SSSR count). The quantitative estimate of drug-likeness (QED) is 0.674. The van der Waals surface area contributed by atoms with Crippen LogP contribution in [0.4, 0.5) is 19.0 Å². The number of hydrogen-bond acceptors (Lipinski definition) is 6. The summed E-state index contributed by atoms with van der Waals surface area (Å²) < 4.78 is 45.0. The molecule has 0 amide bonds. The van der Waals surface area contributed by atoms with Crippen molar-refractivity contribution in [3.05, 3.63) is 29.5 Å². The lowest BCUT2D eigenvalue weighted by atomic mass is 9.76. The highest BCUT2D eigenvalue weighted by atomic mass is 19.4. The molecule has 32 heavy (non-hydrogen) atoms. The second-order valence-electron chi connectivity index (χ2n) is 10.3. The molecule has 4 fully saturated rings. The molecular weight excluding hydrogens is 419 g/mol. The van der Waals surface area contributed by atoms with Crippen molar-refractivity contribution in [1.82, 2.24) is 9.88 Å². The third-order valence-corrected chi connectivity index (χ3v) is 7.44. The highest BCUT2D eigenvalue weighted by molar-refractivity contribution is 6.04. The molecule has 6 nitrogen and oxygen atoms in total. The number of anilines is 1. The Morgan fingerprint density at radius 3 is 2.47 bits per heavy atom. The third kappa shape index (κ3) is 3.79. The molecular formula is C23H30F3N5O. The second kappa shape index (κ2) is 7.45. The van der Waals surface area contributed by atoms with Gasteiger partial charge in [-0.1, -0.05) is 0 Å². The SMILES string of the molecule is CC(C)N=C(C=C(N)c1cnc(N)c(C(F)(F)F)c1)C1[C@H]2CC(N3CC4(COC4)C3)C[C@@H]12. The van der Waals surface area contributed by atoms with E-state index in [2.05, 4.69) is 9.88 Å². The Morgan fingerprint density at radius 1 is 1.28 bits per heavy atom. The number of aromatic nitrogens is 1. The molecule has 2 saturated carbocycles. The van der Waals surface area contributed by atoms with Crippen LogP contribution in [0.15, 0.2) is 23.3 Å². The number of fused-ring (bicyclic) bond motifs is 1. The summed E-state index contributed by atoms with van der Waals surface area (Å²) in [6, 6.07) is 1.68.